The molecular formula is C24H24N6O2. The Hall–Kier alpha value is -4.20. The summed E-state index contributed by atoms with van der Waals surface area (Å²) in [5.41, 5.74) is 2.02. The second-order valence-electron chi connectivity index (χ2n) is 7.64. The molecule has 0 aliphatic carbocycles. The normalized spacial score (nSPS) is 10.8. The van der Waals surface area contributed by atoms with E-state index >= 15 is 0 Å². The third-order valence-electron chi connectivity index (χ3n) is 4.79. The van der Waals surface area contributed by atoms with Crippen LogP contribution in [0.4, 0.5) is 11.6 Å². The molecule has 4 rings (SSSR count). The number of benzene rings is 2. The molecule has 0 saturated carbocycles. The number of hydrogen-bond acceptors (Lipinski definition) is 4. The number of hydrogen-bond donors (Lipinski definition) is 2. The molecule has 2 aromatic heterocycles. The summed E-state index contributed by atoms with van der Waals surface area (Å²) in [5.74, 6) is 0.0703. The summed E-state index contributed by atoms with van der Waals surface area (Å²) in [5, 5.41) is 14.4. The van der Waals surface area contributed by atoms with E-state index in [1.807, 2.05) is 60.7 Å². The number of nitrogens with one attached hydrogen (secondary N) is 2. The van der Waals surface area contributed by atoms with Crippen LogP contribution in [0.1, 0.15) is 29.9 Å². The summed E-state index contributed by atoms with van der Waals surface area (Å²) in [7, 11) is 0. The molecule has 2 heterocycles. The topological polar surface area (TPSA) is 93.8 Å². The summed E-state index contributed by atoms with van der Waals surface area (Å²) in [4.78, 5) is 25.1. The maximum atomic E-state index is 12.8. The Morgan fingerprint density at radius 3 is 2.28 bits per heavy atom. The number of aromatic nitrogens is 4. The van der Waals surface area contributed by atoms with Gasteiger partial charge in [-0.1, -0.05) is 62.4 Å². The highest BCUT2D eigenvalue weighted by atomic mass is 16.2. The molecule has 8 nitrogen and oxygen atoms in total. The molecule has 0 saturated heterocycles. The minimum atomic E-state index is -0.412. The van der Waals surface area contributed by atoms with Gasteiger partial charge in [0.2, 0.25) is 5.91 Å². The Morgan fingerprint density at radius 2 is 1.59 bits per heavy atom. The lowest BCUT2D eigenvalue weighted by molar-refractivity contribution is -0.118. The molecule has 0 spiro atoms. The van der Waals surface area contributed by atoms with Gasteiger partial charge in [0.15, 0.2) is 11.5 Å². The zero-order chi connectivity index (χ0) is 22.5. The molecule has 2 aromatic carbocycles. The van der Waals surface area contributed by atoms with Crippen molar-refractivity contribution in [1.29, 1.82) is 0 Å². The average molecular weight is 428 g/mol. The van der Waals surface area contributed by atoms with Gasteiger partial charge in [0.05, 0.1) is 12.2 Å². The number of amides is 2. The molecular weight excluding hydrogens is 404 g/mol. The van der Waals surface area contributed by atoms with Crippen molar-refractivity contribution in [3.05, 3.63) is 90.3 Å². The molecule has 0 atom stereocenters. The maximum Gasteiger partial charge on any atom is 0.277 e. The molecule has 32 heavy (non-hydrogen) atoms. The second kappa shape index (κ2) is 9.30. The fraction of sp³-hybridized carbons (Fsp3) is 0.167. The van der Waals surface area contributed by atoms with Gasteiger partial charge in [0.25, 0.3) is 5.91 Å². The Labute approximate surface area is 185 Å². The van der Waals surface area contributed by atoms with E-state index in [4.69, 9.17) is 0 Å². The van der Waals surface area contributed by atoms with E-state index in [1.165, 1.54) is 0 Å². The number of anilines is 2. The molecule has 162 valence electrons. The van der Waals surface area contributed by atoms with Crippen LogP contribution in [0.5, 0.6) is 0 Å². The van der Waals surface area contributed by atoms with Crippen molar-refractivity contribution >= 4 is 23.5 Å². The summed E-state index contributed by atoms with van der Waals surface area (Å²) < 4.78 is 3.30. The second-order valence-corrected chi connectivity index (χ2v) is 7.64. The van der Waals surface area contributed by atoms with Gasteiger partial charge >= 0.3 is 0 Å². The van der Waals surface area contributed by atoms with Crippen LogP contribution in [0, 0.1) is 5.92 Å². The molecule has 0 aliphatic rings. The monoisotopic (exact) mass is 428 g/mol. The predicted octanol–water partition coefficient (Wildman–Crippen LogP) is 3.96. The largest absolute Gasteiger partial charge is 0.310 e. The Balaban J connectivity index is 1.53. The molecule has 0 aliphatic heterocycles. The number of rotatable bonds is 7. The van der Waals surface area contributed by atoms with E-state index < -0.39 is 5.91 Å². The van der Waals surface area contributed by atoms with Crippen LogP contribution in [-0.2, 0) is 11.3 Å². The smallest absolute Gasteiger partial charge is 0.277 e. The van der Waals surface area contributed by atoms with Crippen LogP contribution in [0.2, 0.25) is 0 Å². The van der Waals surface area contributed by atoms with Crippen LogP contribution in [0.15, 0.2) is 79.0 Å². The van der Waals surface area contributed by atoms with Gasteiger partial charge in [0.1, 0.15) is 5.82 Å². The first-order valence-electron chi connectivity index (χ1n) is 10.3. The van der Waals surface area contributed by atoms with Crippen molar-refractivity contribution in [2.75, 3.05) is 10.6 Å². The Kier molecular flexibility index (Phi) is 6.12. The van der Waals surface area contributed by atoms with Crippen molar-refractivity contribution in [3.8, 4) is 5.69 Å². The van der Waals surface area contributed by atoms with Gasteiger partial charge in [0, 0.05) is 24.2 Å². The highest BCUT2D eigenvalue weighted by molar-refractivity contribution is 6.03. The fourth-order valence-electron chi connectivity index (χ4n) is 3.08. The summed E-state index contributed by atoms with van der Waals surface area (Å²) >= 11 is 0. The van der Waals surface area contributed by atoms with Gasteiger partial charge in [-0.25, -0.2) is 4.68 Å². The van der Waals surface area contributed by atoms with Crippen molar-refractivity contribution < 1.29 is 9.59 Å². The minimum absolute atomic E-state index is 0.159. The number of para-hydroxylation sites is 1. The molecule has 0 unspecified atom stereocenters. The van der Waals surface area contributed by atoms with E-state index in [-0.39, 0.29) is 17.5 Å². The standard InChI is InChI=1S/C24H24N6O2/c1-17(2)23(31)26-22-15-20(27-30(22)19-11-7-4-8-12-19)24(32)25-21-13-14-29(28-21)16-18-9-5-3-6-10-18/h3-15,17H,16H2,1-2H3,(H,26,31)(H,25,28,32). The third-order valence-corrected chi connectivity index (χ3v) is 4.79. The van der Waals surface area contributed by atoms with Crippen molar-refractivity contribution in [2.45, 2.75) is 20.4 Å². The zero-order valence-corrected chi connectivity index (χ0v) is 17.9. The quantitative estimate of drug-likeness (QED) is 0.466. The van der Waals surface area contributed by atoms with Crippen molar-refractivity contribution in [3.63, 3.8) is 0 Å². The summed E-state index contributed by atoms with van der Waals surface area (Å²) in [6.45, 7) is 4.21. The number of carbonyl (C=O) groups excluding carboxylic acids is 2. The Bertz CT molecular complexity index is 1210. The first-order valence-corrected chi connectivity index (χ1v) is 10.3. The first kappa shape index (κ1) is 21.0. The van der Waals surface area contributed by atoms with Gasteiger partial charge in [-0.2, -0.15) is 10.2 Å². The number of nitrogens with zero attached hydrogens (tertiary/aromatic N) is 4. The van der Waals surface area contributed by atoms with Crippen LogP contribution in [0.25, 0.3) is 5.69 Å². The van der Waals surface area contributed by atoms with Gasteiger partial charge in [-0.3, -0.25) is 14.3 Å². The molecule has 0 bridgehead atoms. The lowest BCUT2D eigenvalue weighted by Gasteiger charge is -2.10. The highest BCUT2D eigenvalue weighted by Gasteiger charge is 2.19. The molecule has 2 N–H and O–H groups in total. The van der Waals surface area contributed by atoms with E-state index in [2.05, 4.69) is 20.8 Å². The van der Waals surface area contributed by atoms with Gasteiger partial charge < -0.3 is 10.6 Å². The van der Waals surface area contributed by atoms with Crippen molar-refractivity contribution in [1.82, 2.24) is 19.6 Å². The van der Waals surface area contributed by atoms with Crippen LogP contribution >= 0.6 is 0 Å². The lowest BCUT2D eigenvalue weighted by Crippen LogP contribution is -2.19. The highest BCUT2D eigenvalue weighted by Crippen LogP contribution is 2.19. The molecule has 0 fully saturated rings. The molecule has 8 heteroatoms. The molecule has 2 amide bonds. The SMILES string of the molecule is CC(C)C(=O)Nc1cc(C(=O)Nc2ccn(Cc3ccccc3)n2)nn1-c1ccccc1. The average Bonchev–Trinajstić information content (AvgIpc) is 3.42. The lowest BCUT2D eigenvalue weighted by atomic mass is 10.2. The van der Waals surface area contributed by atoms with E-state index in [0.717, 1.165) is 11.3 Å². The van der Waals surface area contributed by atoms with E-state index in [9.17, 15) is 9.59 Å². The van der Waals surface area contributed by atoms with Gasteiger partial charge in [-0.15, -0.1) is 0 Å². The Morgan fingerprint density at radius 1 is 0.906 bits per heavy atom. The number of carbonyl (C=O) groups is 2. The maximum absolute atomic E-state index is 12.8. The molecule has 0 radical (unpaired) electrons. The van der Waals surface area contributed by atoms with Crippen LogP contribution in [-0.4, -0.2) is 31.4 Å². The first-order chi connectivity index (χ1) is 15.5. The summed E-state index contributed by atoms with van der Waals surface area (Å²) in [6, 6.07) is 22.6. The molecule has 4 aromatic rings. The van der Waals surface area contributed by atoms with E-state index in [1.54, 1.807) is 41.5 Å². The van der Waals surface area contributed by atoms with Crippen LogP contribution in [0.3, 0.4) is 0 Å². The minimum Gasteiger partial charge on any atom is -0.310 e. The van der Waals surface area contributed by atoms with Gasteiger partial charge in [-0.05, 0) is 17.7 Å². The van der Waals surface area contributed by atoms with Crippen LogP contribution < -0.4 is 10.6 Å². The predicted molar refractivity (Wildman–Crippen MR) is 123 cm³/mol. The van der Waals surface area contributed by atoms with Crippen molar-refractivity contribution in [2.24, 2.45) is 5.92 Å². The third kappa shape index (κ3) is 4.92. The summed E-state index contributed by atoms with van der Waals surface area (Å²) in [6.07, 6.45) is 1.81. The zero-order valence-electron chi connectivity index (χ0n) is 17.9. The fourth-order valence-corrected chi connectivity index (χ4v) is 3.08. The van der Waals surface area contributed by atoms with E-state index in [0.29, 0.717) is 18.2 Å².